The molecule has 2 aliphatic heterocycles. The smallest absolute Gasteiger partial charge is 0.237 e. The molecule has 0 saturated carbocycles. The number of anilines is 1. The molecule has 0 aromatic heterocycles. The van der Waals surface area contributed by atoms with Gasteiger partial charge in [-0.3, -0.25) is 4.79 Å². The van der Waals surface area contributed by atoms with Crippen LogP contribution in [0.25, 0.3) is 0 Å². The molecular weight excluding hydrogens is 190 g/mol. The van der Waals surface area contributed by atoms with E-state index in [1.165, 1.54) is 0 Å². The SMILES string of the molecule is Cc1cccc2c1NC(=O)C21CCOC1. The Morgan fingerprint density at radius 2 is 2.33 bits per heavy atom. The zero-order valence-electron chi connectivity index (χ0n) is 8.67. The van der Waals surface area contributed by atoms with Gasteiger partial charge in [-0.1, -0.05) is 18.2 Å². The molecule has 1 fully saturated rings. The van der Waals surface area contributed by atoms with Crippen LogP contribution in [-0.4, -0.2) is 19.1 Å². The molecule has 0 aliphatic carbocycles. The summed E-state index contributed by atoms with van der Waals surface area (Å²) >= 11 is 0. The highest BCUT2D eigenvalue weighted by Gasteiger charge is 2.49. The maximum absolute atomic E-state index is 12.0. The number of benzene rings is 1. The number of hydrogen-bond acceptors (Lipinski definition) is 2. The van der Waals surface area contributed by atoms with Gasteiger partial charge in [0.25, 0.3) is 0 Å². The zero-order valence-corrected chi connectivity index (χ0v) is 8.67. The van der Waals surface area contributed by atoms with E-state index in [2.05, 4.69) is 5.32 Å². The standard InChI is InChI=1S/C12H13NO2/c1-8-3-2-4-9-10(8)13-11(14)12(9)5-6-15-7-12/h2-4H,5-7H2,1H3,(H,13,14). The highest BCUT2D eigenvalue weighted by molar-refractivity contribution is 6.07. The number of hydrogen-bond donors (Lipinski definition) is 1. The van der Waals surface area contributed by atoms with Gasteiger partial charge in [-0.25, -0.2) is 0 Å². The Morgan fingerprint density at radius 1 is 1.47 bits per heavy atom. The summed E-state index contributed by atoms with van der Waals surface area (Å²) in [7, 11) is 0. The normalized spacial score (nSPS) is 28.2. The third kappa shape index (κ3) is 1.01. The monoisotopic (exact) mass is 203 g/mol. The van der Waals surface area contributed by atoms with E-state index in [0.29, 0.717) is 13.2 Å². The van der Waals surface area contributed by atoms with Gasteiger partial charge in [-0.15, -0.1) is 0 Å². The van der Waals surface area contributed by atoms with E-state index in [0.717, 1.165) is 23.2 Å². The molecule has 78 valence electrons. The van der Waals surface area contributed by atoms with Gasteiger partial charge in [-0.2, -0.15) is 0 Å². The average Bonchev–Trinajstić information content (AvgIpc) is 2.79. The lowest BCUT2D eigenvalue weighted by molar-refractivity contribution is -0.120. The number of carbonyl (C=O) groups is 1. The first-order valence-corrected chi connectivity index (χ1v) is 5.23. The molecule has 2 heterocycles. The van der Waals surface area contributed by atoms with Crippen molar-refractivity contribution in [1.29, 1.82) is 0 Å². The van der Waals surface area contributed by atoms with Gasteiger partial charge in [-0.05, 0) is 24.5 Å². The molecule has 0 bridgehead atoms. The number of aryl methyl sites for hydroxylation is 1. The van der Waals surface area contributed by atoms with Crippen molar-refractivity contribution in [2.45, 2.75) is 18.8 Å². The number of nitrogens with one attached hydrogen (secondary N) is 1. The lowest BCUT2D eigenvalue weighted by Gasteiger charge is -2.18. The van der Waals surface area contributed by atoms with Crippen molar-refractivity contribution in [1.82, 2.24) is 0 Å². The van der Waals surface area contributed by atoms with Gasteiger partial charge in [0.05, 0.1) is 6.61 Å². The molecule has 1 unspecified atom stereocenters. The van der Waals surface area contributed by atoms with Crippen molar-refractivity contribution in [3.05, 3.63) is 29.3 Å². The molecule has 15 heavy (non-hydrogen) atoms. The van der Waals surface area contributed by atoms with Gasteiger partial charge in [0, 0.05) is 12.3 Å². The fourth-order valence-corrected chi connectivity index (χ4v) is 2.54. The fourth-order valence-electron chi connectivity index (χ4n) is 2.54. The molecule has 1 aromatic carbocycles. The third-order valence-electron chi connectivity index (χ3n) is 3.48. The minimum absolute atomic E-state index is 0.101. The highest BCUT2D eigenvalue weighted by Crippen LogP contribution is 2.44. The molecule has 2 aliphatic rings. The van der Waals surface area contributed by atoms with E-state index in [-0.39, 0.29) is 5.91 Å². The molecule has 1 atom stereocenters. The van der Waals surface area contributed by atoms with Crippen LogP contribution in [0.4, 0.5) is 5.69 Å². The van der Waals surface area contributed by atoms with Crippen molar-refractivity contribution in [3.8, 4) is 0 Å². The Hall–Kier alpha value is -1.35. The number of carbonyl (C=O) groups excluding carboxylic acids is 1. The maximum Gasteiger partial charge on any atom is 0.237 e. The molecule has 0 radical (unpaired) electrons. The lowest BCUT2D eigenvalue weighted by atomic mass is 9.81. The quantitative estimate of drug-likeness (QED) is 0.695. The van der Waals surface area contributed by atoms with E-state index in [1.54, 1.807) is 0 Å². The Kier molecular flexibility index (Phi) is 1.68. The van der Waals surface area contributed by atoms with Gasteiger partial charge in [0.15, 0.2) is 0 Å². The maximum atomic E-state index is 12.0. The van der Waals surface area contributed by atoms with Gasteiger partial charge in [0.2, 0.25) is 5.91 Å². The summed E-state index contributed by atoms with van der Waals surface area (Å²) in [5.41, 5.74) is 2.84. The minimum Gasteiger partial charge on any atom is -0.380 e. The molecule has 1 amide bonds. The summed E-state index contributed by atoms with van der Waals surface area (Å²) in [6, 6.07) is 6.07. The van der Waals surface area contributed by atoms with Crippen LogP contribution in [0.2, 0.25) is 0 Å². The predicted molar refractivity (Wildman–Crippen MR) is 56.9 cm³/mol. The minimum atomic E-state index is -0.401. The summed E-state index contributed by atoms with van der Waals surface area (Å²) in [5.74, 6) is 0.101. The van der Waals surface area contributed by atoms with Gasteiger partial charge in [0.1, 0.15) is 5.41 Å². The van der Waals surface area contributed by atoms with E-state index in [4.69, 9.17) is 4.74 Å². The Bertz CT molecular complexity index is 433. The first-order valence-electron chi connectivity index (χ1n) is 5.23. The van der Waals surface area contributed by atoms with Crippen LogP contribution in [0.15, 0.2) is 18.2 Å². The molecule has 3 heteroatoms. The summed E-state index contributed by atoms with van der Waals surface area (Å²) in [6.45, 7) is 3.23. The second-order valence-corrected chi connectivity index (χ2v) is 4.34. The van der Waals surface area contributed by atoms with Crippen LogP contribution in [0, 0.1) is 6.92 Å². The molecular formula is C12H13NO2. The van der Waals surface area contributed by atoms with Crippen molar-refractivity contribution in [2.75, 3.05) is 18.5 Å². The number of para-hydroxylation sites is 1. The van der Waals surface area contributed by atoms with E-state index in [1.807, 2.05) is 25.1 Å². The zero-order chi connectivity index (χ0) is 10.5. The van der Waals surface area contributed by atoms with Crippen molar-refractivity contribution in [3.63, 3.8) is 0 Å². The predicted octanol–water partition coefficient (Wildman–Crippen LogP) is 1.61. The van der Waals surface area contributed by atoms with Crippen LogP contribution in [0.5, 0.6) is 0 Å². The number of amides is 1. The molecule has 3 nitrogen and oxygen atoms in total. The van der Waals surface area contributed by atoms with Crippen molar-refractivity contribution < 1.29 is 9.53 Å². The van der Waals surface area contributed by atoms with Crippen molar-refractivity contribution in [2.24, 2.45) is 0 Å². The molecule has 1 saturated heterocycles. The number of fused-ring (bicyclic) bond motifs is 2. The first-order chi connectivity index (χ1) is 7.24. The molecule has 1 spiro atoms. The highest BCUT2D eigenvalue weighted by atomic mass is 16.5. The van der Waals surface area contributed by atoms with E-state index < -0.39 is 5.41 Å². The van der Waals surface area contributed by atoms with E-state index in [9.17, 15) is 4.79 Å². The lowest BCUT2D eigenvalue weighted by Crippen LogP contribution is -2.34. The molecule has 3 rings (SSSR count). The summed E-state index contributed by atoms with van der Waals surface area (Å²) in [4.78, 5) is 12.0. The largest absolute Gasteiger partial charge is 0.380 e. The average molecular weight is 203 g/mol. The Morgan fingerprint density at radius 3 is 3.07 bits per heavy atom. The second-order valence-electron chi connectivity index (χ2n) is 4.34. The molecule has 1 N–H and O–H groups in total. The topological polar surface area (TPSA) is 38.3 Å². The number of rotatable bonds is 0. The van der Waals surface area contributed by atoms with Gasteiger partial charge >= 0.3 is 0 Å². The van der Waals surface area contributed by atoms with Crippen LogP contribution >= 0.6 is 0 Å². The van der Waals surface area contributed by atoms with Crippen LogP contribution < -0.4 is 5.32 Å². The van der Waals surface area contributed by atoms with Crippen LogP contribution in [0.1, 0.15) is 17.5 Å². The summed E-state index contributed by atoms with van der Waals surface area (Å²) < 4.78 is 5.39. The van der Waals surface area contributed by atoms with Crippen molar-refractivity contribution >= 4 is 11.6 Å². The van der Waals surface area contributed by atoms with Crippen LogP contribution in [-0.2, 0) is 14.9 Å². The van der Waals surface area contributed by atoms with Crippen LogP contribution in [0.3, 0.4) is 0 Å². The summed E-state index contributed by atoms with van der Waals surface area (Å²) in [5, 5.41) is 2.98. The third-order valence-corrected chi connectivity index (χ3v) is 3.48. The summed E-state index contributed by atoms with van der Waals surface area (Å²) in [6.07, 6.45) is 0.801. The van der Waals surface area contributed by atoms with Gasteiger partial charge < -0.3 is 10.1 Å². The fraction of sp³-hybridized carbons (Fsp3) is 0.417. The molecule has 1 aromatic rings. The van der Waals surface area contributed by atoms with E-state index >= 15 is 0 Å². The number of ether oxygens (including phenoxy) is 1. The Labute approximate surface area is 88.4 Å². The first kappa shape index (κ1) is 8.92. The Balaban J connectivity index is 2.21. The second kappa shape index (κ2) is 2.83.